The first-order valence-corrected chi connectivity index (χ1v) is 8.57. The van der Waals surface area contributed by atoms with Crippen molar-refractivity contribution in [2.75, 3.05) is 0 Å². The van der Waals surface area contributed by atoms with E-state index in [4.69, 9.17) is 0 Å². The lowest BCUT2D eigenvalue weighted by atomic mass is 10.1. The summed E-state index contributed by atoms with van der Waals surface area (Å²) in [6, 6.07) is 21.7. The topological polar surface area (TPSA) is 46.9 Å². The van der Waals surface area contributed by atoms with E-state index in [0.717, 1.165) is 27.8 Å². The molecule has 1 N–H and O–H groups in total. The molecule has 128 valence electrons. The van der Waals surface area contributed by atoms with Crippen LogP contribution in [0.25, 0.3) is 16.6 Å². The molecule has 0 bridgehead atoms. The van der Waals surface area contributed by atoms with Crippen molar-refractivity contribution in [1.82, 2.24) is 14.9 Å². The number of fused-ring (bicyclic) bond motifs is 1. The van der Waals surface area contributed by atoms with Crippen LogP contribution >= 0.6 is 0 Å². The number of amides is 1. The van der Waals surface area contributed by atoms with Crippen LogP contribution in [0.2, 0.25) is 0 Å². The Morgan fingerprint density at radius 3 is 2.50 bits per heavy atom. The van der Waals surface area contributed by atoms with E-state index in [1.165, 1.54) is 0 Å². The predicted molar refractivity (Wildman–Crippen MR) is 103 cm³/mol. The van der Waals surface area contributed by atoms with Gasteiger partial charge in [-0.05, 0) is 48.9 Å². The lowest BCUT2D eigenvalue weighted by Gasteiger charge is -2.10. The largest absolute Gasteiger partial charge is 0.348 e. The molecule has 4 aromatic rings. The van der Waals surface area contributed by atoms with Gasteiger partial charge in [0.25, 0.3) is 5.91 Å². The molecule has 4 rings (SSSR count). The predicted octanol–water partition coefficient (Wildman–Crippen LogP) is 4.26. The number of hydrogen-bond acceptors (Lipinski definition) is 2. The number of rotatable bonds is 4. The van der Waals surface area contributed by atoms with Gasteiger partial charge in [0.15, 0.2) is 0 Å². The molecule has 0 unspecified atom stereocenters. The maximum absolute atomic E-state index is 12.7. The monoisotopic (exact) mass is 341 g/mol. The molecule has 4 nitrogen and oxygen atoms in total. The minimum Gasteiger partial charge on any atom is -0.348 e. The van der Waals surface area contributed by atoms with Gasteiger partial charge in [0.2, 0.25) is 0 Å². The third-order valence-electron chi connectivity index (χ3n) is 4.38. The van der Waals surface area contributed by atoms with Gasteiger partial charge in [0.05, 0.1) is 11.1 Å². The van der Waals surface area contributed by atoms with Crippen LogP contribution in [-0.2, 0) is 6.54 Å². The highest BCUT2D eigenvalue weighted by Crippen LogP contribution is 2.18. The highest BCUT2D eigenvalue weighted by molar-refractivity contribution is 6.06. The fraction of sp³-hybridized carbons (Fsp3) is 0.0909. The normalized spacial score (nSPS) is 10.8. The van der Waals surface area contributed by atoms with Gasteiger partial charge in [-0.3, -0.25) is 9.78 Å². The Labute approximate surface area is 152 Å². The molecule has 0 aliphatic carbocycles. The Bertz CT molecular complexity index is 1050. The summed E-state index contributed by atoms with van der Waals surface area (Å²) in [4.78, 5) is 17.2. The van der Waals surface area contributed by atoms with Crippen LogP contribution in [-0.4, -0.2) is 15.5 Å². The SMILES string of the molecule is Cc1cc(C(=O)NCc2ccc(-n3cccc3)cc2)c2ccccc2n1. The van der Waals surface area contributed by atoms with Gasteiger partial charge >= 0.3 is 0 Å². The zero-order valence-corrected chi connectivity index (χ0v) is 14.5. The first-order valence-electron chi connectivity index (χ1n) is 8.57. The van der Waals surface area contributed by atoms with Gasteiger partial charge in [-0.1, -0.05) is 30.3 Å². The number of carbonyl (C=O) groups is 1. The summed E-state index contributed by atoms with van der Waals surface area (Å²) in [5.41, 5.74) is 4.50. The Morgan fingerprint density at radius 2 is 1.73 bits per heavy atom. The van der Waals surface area contributed by atoms with Crippen molar-refractivity contribution in [3.05, 3.63) is 95.9 Å². The summed E-state index contributed by atoms with van der Waals surface area (Å²) < 4.78 is 2.05. The van der Waals surface area contributed by atoms with Crippen molar-refractivity contribution in [3.63, 3.8) is 0 Å². The van der Waals surface area contributed by atoms with E-state index in [1.807, 2.05) is 90.6 Å². The van der Waals surface area contributed by atoms with Gasteiger partial charge in [-0.15, -0.1) is 0 Å². The lowest BCUT2D eigenvalue weighted by molar-refractivity contribution is 0.0952. The summed E-state index contributed by atoms with van der Waals surface area (Å²) in [7, 11) is 0. The third kappa shape index (κ3) is 3.22. The first-order chi connectivity index (χ1) is 12.7. The first kappa shape index (κ1) is 16.1. The molecule has 0 saturated heterocycles. The van der Waals surface area contributed by atoms with Crippen LogP contribution in [0.1, 0.15) is 21.6 Å². The fourth-order valence-electron chi connectivity index (χ4n) is 3.07. The number of benzene rings is 2. The minimum absolute atomic E-state index is 0.0822. The standard InChI is InChI=1S/C22H19N3O/c1-16-14-20(19-6-2-3-7-21(19)24-16)22(26)23-15-17-8-10-18(11-9-17)25-12-4-5-13-25/h2-14H,15H2,1H3,(H,23,26). The molecule has 2 aromatic carbocycles. The van der Waals surface area contributed by atoms with Crippen LogP contribution in [0.5, 0.6) is 0 Å². The minimum atomic E-state index is -0.0822. The number of nitrogens with one attached hydrogen (secondary N) is 1. The molecular weight excluding hydrogens is 322 g/mol. The van der Waals surface area contributed by atoms with Gasteiger partial charge in [0.1, 0.15) is 0 Å². The van der Waals surface area contributed by atoms with E-state index in [-0.39, 0.29) is 5.91 Å². The van der Waals surface area contributed by atoms with Crippen molar-refractivity contribution in [2.24, 2.45) is 0 Å². The van der Waals surface area contributed by atoms with E-state index in [0.29, 0.717) is 12.1 Å². The van der Waals surface area contributed by atoms with Gasteiger partial charge in [0, 0.05) is 35.7 Å². The van der Waals surface area contributed by atoms with Crippen LogP contribution < -0.4 is 5.32 Å². The number of aromatic nitrogens is 2. The van der Waals surface area contributed by atoms with Crippen molar-refractivity contribution < 1.29 is 4.79 Å². The van der Waals surface area contributed by atoms with Crippen molar-refractivity contribution in [3.8, 4) is 5.69 Å². The summed E-state index contributed by atoms with van der Waals surface area (Å²) in [5, 5.41) is 3.89. The number of pyridine rings is 1. The van der Waals surface area contributed by atoms with E-state index in [1.54, 1.807) is 0 Å². The molecule has 0 aliphatic heterocycles. The molecule has 26 heavy (non-hydrogen) atoms. The lowest BCUT2D eigenvalue weighted by Crippen LogP contribution is -2.23. The Morgan fingerprint density at radius 1 is 1.00 bits per heavy atom. The molecule has 2 heterocycles. The fourth-order valence-corrected chi connectivity index (χ4v) is 3.07. The second kappa shape index (κ2) is 6.84. The quantitative estimate of drug-likeness (QED) is 0.603. The molecule has 4 heteroatoms. The number of aryl methyl sites for hydroxylation is 1. The van der Waals surface area contributed by atoms with Crippen molar-refractivity contribution in [1.29, 1.82) is 0 Å². The third-order valence-corrected chi connectivity index (χ3v) is 4.38. The number of nitrogens with zero attached hydrogens (tertiary/aromatic N) is 2. The zero-order valence-electron chi connectivity index (χ0n) is 14.5. The number of hydrogen-bond donors (Lipinski definition) is 1. The maximum atomic E-state index is 12.7. The average Bonchev–Trinajstić information content (AvgIpc) is 3.20. The van der Waals surface area contributed by atoms with E-state index >= 15 is 0 Å². The summed E-state index contributed by atoms with van der Waals surface area (Å²) in [5.74, 6) is -0.0822. The van der Waals surface area contributed by atoms with Crippen LogP contribution in [0.4, 0.5) is 0 Å². The second-order valence-corrected chi connectivity index (χ2v) is 6.27. The van der Waals surface area contributed by atoms with Gasteiger partial charge in [-0.25, -0.2) is 0 Å². The molecule has 2 aromatic heterocycles. The van der Waals surface area contributed by atoms with Gasteiger partial charge in [-0.2, -0.15) is 0 Å². The molecule has 0 radical (unpaired) electrons. The highest BCUT2D eigenvalue weighted by Gasteiger charge is 2.11. The summed E-state index contributed by atoms with van der Waals surface area (Å²) >= 11 is 0. The molecular formula is C22H19N3O. The van der Waals surface area contributed by atoms with Gasteiger partial charge < -0.3 is 9.88 Å². The van der Waals surface area contributed by atoms with Crippen LogP contribution in [0.3, 0.4) is 0 Å². The Balaban J connectivity index is 1.51. The van der Waals surface area contributed by atoms with E-state index in [2.05, 4.69) is 10.3 Å². The Kier molecular flexibility index (Phi) is 4.23. The second-order valence-electron chi connectivity index (χ2n) is 6.27. The zero-order chi connectivity index (χ0) is 17.9. The van der Waals surface area contributed by atoms with Crippen molar-refractivity contribution >= 4 is 16.8 Å². The van der Waals surface area contributed by atoms with Crippen LogP contribution in [0, 0.1) is 6.92 Å². The average molecular weight is 341 g/mol. The molecule has 0 aliphatic rings. The molecule has 0 atom stereocenters. The highest BCUT2D eigenvalue weighted by atomic mass is 16.1. The van der Waals surface area contributed by atoms with E-state index in [9.17, 15) is 4.79 Å². The number of para-hydroxylation sites is 1. The Hall–Kier alpha value is -3.40. The molecule has 0 spiro atoms. The van der Waals surface area contributed by atoms with E-state index < -0.39 is 0 Å². The van der Waals surface area contributed by atoms with Crippen LogP contribution in [0.15, 0.2) is 79.1 Å². The van der Waals surface area contributed by atoms with Crippen molar-refractivity contribution in [2.45, 2.75) is 13.5 Å². The smallest absolute Gasteiger partial charge is 0.252 e. The summed E-state index contributed by atoms with van der Waals surface area (Å²) in [6.07, 6.45) is 4.02. The number of carbonyl (C=O) groups excluding carboxylic acids is 1. The molecule has 1 amide bonds. The molecule has 0 fully saturated rings. The summed E-state index contributed by atoms with van der Waals surface area (Å²) in [6.45, 7) is 2.39. The maximum Gasteiger partial charge on any atom is 0.252 e. The molecule has 0 saturated carbocycles.